The van der Waals surface area contributed by atoms with Gasteiger partial charge in [0, 0.05) is 26.1 Å². The molecule has 1 heterocycles. The Morgan fingerprint density at radius 1 is 1.27 bits per heavy atom. The maximum Gasteiger partial charge on any atom is 0.309 e. The number of halogens is 1. The third kappa shape index (κ3) is 5.43. The third-order valence-corrected chi connectivity index (χ3v) is 6.19. The van der Waals surface area contributed by atoms with Crippen molar-refractivity contribution in [3.63, 3.8) is 0 Å². The van der Waals surface area contributed by atoms with E-state index in [1.165, 1.54) is 12.1 Å². The van der Waals surface area contributed by atoms with Crippen molar-refractivity contribution in [2.75, 3.05) is 26.2 Å². The van der Waals surface area contributed by atoms with Crippen molar-refractivity contribution in [1.82, 2.24) is 9.62 Å². The number of nitrogens with zero attached hydrogens (tertiary/aromatic N) is 1. The average molecular weight is 403 g/mol. The second-order valence-corrected chi connectivity index (χ2v) is 8.13. The van der Waals surface area contributed by atoms with E-state index in [2.05, 4.69) is 4.72 Å². The van der Waals surface area contributed by atoms with Crippen LogP contribution < -0.4 is 4.72 Å². The average Bonchev–Trinajstić information content (AvgIpc) is 2.62. The summed E-state index contributed by atoms with van der Waals surface area (Å²) >= 11 is 5.90. The number of hydrogen-bond donors (Lipinski definition) is 1. The van der Waals surface area contributed by atoms with E-state index in [1.54, 1.807) is 24.0 Å². The van der Waals surface area contributed by atoms with Gasteiger partial charge in [-0.2, -0.15) is 0 Å². The number of ether oxygens (including phenoxy) is 1. The minimum atomic E-state index is -3.76. The Hall–Kier alpha value is -1.64. The molecule has 0 saturated carbocycles. The van der Waals surface area contributed by atoms with Gasteiger partial charge in [-0.15, -0.1) is 0 Å². The summed E-state index contributed by atoms with van der Waals surface area (Å²) in [5, 5.41) is 0.132. The molecule has 1 saturated heterocycles. The second kappa shape index (κ2) is 9.34. The Bertz CT molecular complexity index is 745. The van der Waals surface area contributed by atoms with Gasteiger partial charge in [0.15, 0.2) is 0 Å². The molecule has 1 amide bonds. The molecule has 1 aromatic carbocycles. The van der Waals surface area contributed by atoms with Crippen LogP contribution in [0.4, 0.5) is 0 Å². The minimum absolute atomic E-state index is 0.00973. The molecule has 1 fully saturated rings. The standard InChI is InChI=1S/C17H23ClN2O5S/c1-2-25-17(22)13-8-11-20(12-9-13)16(21)7-10-19-26(23,24)15-6-4-3-5-14(15)18/h3-6,13,19H,2,7-12H2,1H3. The molecule has 1 aliphatic heterocycles. The fourth-order valence-electron chi connectivity index (χ4n) is 2.82. The molecular weight excluding hydrogens is 380 g/mol. The highest BCUT2D eigenvalue weighted by atomic mass is 35.5. The van der Waals surface area contributed by atoms with Gasteiger partial charge < -0.3 is 9.64 Å². The Labute approximate surface area is 158 Å². The normalized spacial score (nSPS) is 15.7. The molecule has 9 heteroatoms. The predicted octanol–water partition coefficient (Wildman–Crippen LogP) is 1.81. The lowest BCUT2D eigenvalue weighted by Crippen LogP contribution is -2.41. The van der Waals surface area contributed by atoms with Gasteiger partial charge in [-0.25, -0.2) is 13.1 Å². The number of carbonyl (C=O) groups excluding carboxylic acids is 2. The highest BCUT2D eigenvalue weighted by Crippen LogP contribution is 2.21. The lowest BCUT2D eigenvalue weighted by Gasteiger charge is -2.31. The number of esters is 1. The van der Waals surface area contributed by atoms with Crippen LogP contribution in [0, 0.1) is 5.92 Å². The van der Waals surface area contributed by atoms with Crippen molar-refractivity contribution in [3.8, 4) is 0 Å². The summed E-state index contributed by atoms with van der Waals surface area (Å²) in [5.74, 6) is -0.529. The molecule has 1 N–H and O–H groups in total. The summed E-state index contributed by atoms with van der Waals surface area (Å²) in [7, 11) is -3.76. The molecule has 1 aromatic rings. The van der Waals surface area contributed by atoms with E-state index in [-0.39, 0.29) is 40.7 Å². The quantitative estimate of drug-likeness (QED) is 0.702. The Morgan fingerprint density at radius 3 is 2.54 bits per heavy atom. The number of amides is 1. The largest absolute Gasteiger partial charge is 0.466 e. The molecule has 0 spiro atoms. The molecule has 0 aliphatic carbocycles. The maximum atomic E-state index is 12.2. The molecule has 0 bridgehead atoms. The fraction of sp³-hybridized carbons (Fsp3) is 0.529. The number of sulfonamides is 1. The first kappa shape index (κ1) is 20.7. The van der Waals surface area contributed by atoms with Crippen LogP contribution in [0.3, 0.4) is 0 Å². The summed E-state index contributed by atoms with van der Waals surface area (Å²) < 4.78 is 31.8. The first-order valence-electron chi connectivity index (χ1n) is 8.53. The maximum absolute atomic E-state index is 12.2. The van der Waals surface area contributed by atoms with Crippen molar-refractivity contribution >= 4 is 33.5 Å². The van der Waals surface area contributed by atoms with E-state index in [0.717, 1.165) is 0 Å². The zero-order valence-electron chi connectivity index (χ0n) is 14.6. The van der Waals surface area contributed by atoms with E-state index >= 15 is 0 Å². The highest BCUT2D eigenvalue weighted by Gasteiger charge is 2.28. The van der Waals surface area contributed by atoms with E-state index in [1.807, 2.05) is 0 Å². The number of hydrogen-bond acceptors (Lipinski definition) is 5. The molecule has 0 atom stereocenters. The molecule has 0 aromatic heterocycles. The topological polar surface area (TPSA) is 92.8 Å². The van der Waals surface area contributed by atoms with Crippen molar-refractivity contribution in [2.24, 2.45) is 5.92 Å². The Balaban J connectivity index is 1.79. The number of rotatable bonds is 7. The predicted molar refractivity (Wildman–Crippen MR) is 97.2 cm³/mol. The first-order chi connectivity index (χ1) is 12.3. The minimum Gasteiger partial charge on any atom is -0.466 e. The lowest BCUT2D eigenvalue weighted by atomic mass is 9.97. The molecule has 1 aliphatic rings. The van der Waals surface area contributed by atoms with Crippen LogP contribution >= 0.6 is 11.6 Å². The Kier molecular flexibility index (Phi) is 7.43. The molecule has 2 rings (SSSR count). The molecule has 26 heavy (non-hydrogen) atoms. The van der Waals surface area contributed by atoms with E-state index in [9.17, 15) is 18.0 Å². The summed E-state index contributed by atoms with van der Waals surface area (Å²) in [6, 6.07) is 6.13. The van der Waals surface area contributed by atoms with Crippen molar-refractivity contribution in [3.05, 3.63) is 29.3 Å². The van der Waals surface area contributed by atoms with Gasteiger partial charge in [-0.05, 0) is 31.9 Å². The smallest absolute Gasteiger partial charge is 0.309 e. The molecule has 7 nitrogen and oxygen atoms in total. The van der Waals surface area contributed by atoms with Crippen LogP contribution in [-0.4, -0.2) is 51.4 Å². The number of benzene rings is 1. The van der Waals surface area contributed by atoms with Crippen LogP contribution in [0.5, 0.6) is 0 Å². The SMILES string of the molecule is CCOC(=O)C1CCN(C(=O)CCNS(=O)(=O)c2ccccc2Cl)CC1. The number of likely N-dealkylation sites (tertiary alicyclic amines) is 1. The van der Waals surface area contributed by atoms with Gasteiger partial charge in [0.25, 0.3) is 0 Å². The van der Waals surface area contributed by atoms with Gasteiger partial charge in [0.1, 0.15) is 4.90 Å². The molecule has 0 radical (unpaired) electrons. The fourth-order valence-corrected chi connectivity index (χ4v) is 4.36. The van der Waals surface area contributed by atoms with Crippen LogP contribution in [0.25, 0.3) is 0 Å². The zero-order chi connectivity index (χ0) is 19.2. The van der Waals surface area contributed by atoms with E-state index in [0.29, 0.717) is 32.5 Å². The molecule has 144 valence electrons. The van der Waals surface area contributed by atoms with Crippen LogP contribution in [0.1, 0.15) is 26.2 Å². The highest BCUT2D eigenvalue weighted by molar-refractivity contribution is 7.89. The summed E-state index contributed by atoms with van der Waals surface area (Å²) in [6.07, 6.45) is 1.18. The van der Waals surface area contributed by atoms with E-state index < -0.39 is 10.0 Å². The van der Waals surface area contributed by atoms with Crippen molar-refractivity contribution in [2.45, 2.75) is 31.1 Å². The van der Waals surface area contributed by atoms with E-state index in [4.69, 9.17) is 16.3 Å². The van der Waals surface area contributed by atoms with Gasteiger partial charge in [-0.1, -0.05) is 23.7 Å². The van der Waals surface area contributed by atoms with Gasteiger partial charge in [-0.3, -0.25) is 9.59 Å². The van der Waals surface area contributed by atoms with Gasteiger partial charge in [0.05, 0.1) is 17.5 Å². The Morgan fingerprint density at radius 2 is 1.92 bits per heavy atom. The van der Waals surface area contributed by atoms with Crippen LogP contribution in [0.2, 0.25) is 5.02 Å². The lowest BCUT2D eigenvalue weighted by molar-refractivity contribution is -0.151. The van der Waals surface area contributed by atoms with Gasteiger partial charge >= 0.3 is 5.97 Å². The summed E-state index contributed by atoms with van der Waals surface area (Å²) in [6.45, 7) is 3.05. The van der Waals surface area contributed by atoms with Crippen LogP contribution in [-0.2, 0) is 24.3 Å². The third-order valence-electron chi connectivity index (χ3n) is 4.22. The molecule has 0 unspecified atom stereocenters. The zero-order valence-corrected chi connectivity index (χ0v) is 16.2. The number of piperidine rings is 1. The van der Waals surface area contributed by atoms with Crippen LogP contribution in [0.15, 0.2) is 29.2 Å². The number of carbonyl (C=O) groups is 2. The number of nitrogens with one attached hydrogen (secondary N) is 1. The second-order valence-electron chi connectivity index (χ2n) is 5.99. The first-order valence-corrected chi connectivity index (χ1v) is 10.4. The summed E-state index contributed by atoms with van der Waals surface area (Å²) in [5.41, 5.74) is 0. The summed E-state index contributed by atoms with van der Waals surface area (Å²) in [4.78, 5) is 25.6. The monoisotopic (exact) mass is 402 g/mol. The van der Waals surface area contributed by atoms with Crippen molar-refractivity contribution < 1.29 is 22.7 Å². The van der Waals surface area contributed by atoms with Crippen molar-refractivity contribution in [1.29, 1.82) is 0 Å². The molecular formula is C17H23ClN2O5S. The van der Waals surface area contributed by atoms with Gasteiger partial charge in [0.2, 0.25) is 15.9 Å².